The third kappa shape index (κ3) is 40.4. The van der Waals surface area contributed by atoms with Gasteiger partial charge in [-0.3, -0.25) is 4.79 Å². The van der Waals surface area contributed by atoms with E-state index in [0.717, 1.165) is 90.1 Å². The number of Topliss-reactive ketones (excluding diaryl/α,β-unsaturated/α-hetero) is 1. The zero-order chi connectivity index (χ0) is 63.9. The molecule has 5 heterocycles. The molecule has 2 unspecified atom stereocenters. The van der Waals surface area contributed by atoms with Crippen LogP contribution in [0.5, 0.6) is 0 Å². The molecule has 2 atom stereocenters. The van der Waals surface area contributed by atoms with Crippen LogP contribution >= 0.6 is 124 Å². The Labute approximate surface area is 647 Å². The Hall–Kier alpha value is -3.48. The van der Waals surface area contributed by atoms with E-state index in [2.05, 4.69) is 244 Å². The number of aliphatic hydroxyl groups is 1. The van der Waals surface area contributed by atoms with Crippen molar-refractivity contribution in [3.63, 3.8) is 0 Å². The van der Waals surface area contributed by atoms with E-state index >= 15 is 0 Å². The average molecular weight is 1780 g/mol. The Balaban J connectivity index is 0.00000110. The standard InChI is InChI=1S/C15H17BrN2O2.C13H15BrN2O.C13H13BrN2O.C10H11BrO.C10H11Br.C7H6Br2.C3H5.2CH4.2ClH.Mg/c16-14-3-1-13(2-4-14)5-6-15(19-9-10-20-15)11-18-8-7-17-12-18;2*14-12-4-1-11(2-5-12)3-6-13(17)9-16-8-7-15-10-16;11-9-4-1-8(2-5-9)3-6-10-7-12-10;1-2-3-4-9-5-7-10(11)8-6-9;8-5-6-1-3-7(9)4-2-6;1-3-2;;;;;/h1-4,7-8,12H,5-6,9-11H2;1-2,4-5,7-8,10,13,17H,3,6,9H2;1-2,4-5,7-8,10H,3,6,9H2;1-2,4-5,10H,3,6-7H2;2,5-8H,1,3-4H2;1-4H,5H2;3H,1-2H2;2*1H4;2*1H;/q;;;;;;-1;;;;;+2/p-1. The van der Waals surface area contributed by atoms with Crippen LogP contribution < -0.4 is 12.4 Å². The molecule has 0 amide bonds. The number of ether oxygens (including phenoxy) is 3. The molecule has 504 valence electrons. The SMILES string of the molecule is BrCc1ccc(Br)cc1.Brc1ccc(CCC2(Cn3ccnc3)OCCO2)cc1.Brc1ccc(CCC2CO2)cc1.C.C.C=CCCc1ccc(Br)cc1.C=C[CH2-].Cl.O=C(CCc1ccc(Br)cc1)Cn1ccnc1.OC(CCc1ccc(Br)cc1)Cn1ccnc1.[Cl-].[Mg+2]. The maximum Gasteiger partial charge on any atom is 2.00 e. The van der Waals surface area contributed by atoms with Gasteiger partial charge in [-0.2, -0.15) is 0 Å². The summed E-state index contributed by atoms with van der Waals surface area (Å²) in [4.78, 5) is 23.6. The molecule has 0 aliphatic carbocycles. The molecule has 11 nitrogen and oxygen atoms in total. The van der Waals surface area contributed by atoms with E-state index in [1.54, 1.807) is 48.3 Å². The van der Waals surface area contributed by atoms with Crippen molar-refractivity contribution in [2.24, 2.45) is 0 Å². The van der Waals surface area contributed by atoms with Crippen molar-refractivity contribution < 1.29 is 36.5 Å². The monoisotopic (exact) mass is 1770 g/mol. The second-order valence-electron chi connectivity index (χ2n) is 20.6. The summed E-state index contributed by atoms with van der Waals surface area (Å²) in [5.41, 5.74) is 7.79. The van der Waals surface area contributed by atoms with Crippen LogP contribution in [0.4, 0.5) is 0 Å². The van der Waals surface area contributed by atoms with Gasteiger partial charge in [0, 0.05) is 88.7 Å². The molecular weight excluding hydrogens is 1700 g/mol. The first-order chi connectivity index (χ1) is 43.1. The van der Waals surface area contributed by atoms with E-state index in [1.165, 1.54) is 45.9 Å². The summed E-state index contributed by atoms with van der Waals surface area (Å²) in [5, 5.41) is 10.8. The maximum atomic E-state index is 11.7. The topological polar surface area (TPSA) is 122 Å². The number of carbonyl (C=O) groups is 1. The van der Waals surface area contributed by atoms with Gasteiger partial charge < -0.3 is 45.4 Å². The molecule has 0 radical (unpaired) electrons. The molecule has 1 N–H and O–H groups in total. The zero-order valence-electron chi connectivity index (χ0n) is 51.4. The van der Waals surface area contributed by atoms with E-state index in [4.69, 9.17) is 14.2 Å². The molecular formula is C73H87Br7Cl2MgN6O5. The van der Waals surface area contributed by atoms with Crippen molar-refractivity contribution in [2.75, 3.05) is 19.8 Å². The van der Waals surface area contributed by atoms with Crippen molar-refractivity contribution in [3.05, 3.63) is 294 Å². The average Bonchev–Trinajstić information content (AvgIpc) is 1.72. The Morgan fingerprint density at radius 1 is 0.585 bits per heavy atom. The fourth-order valence-corrected chi connectivity index (χ4v) is 10.4. The molecule has 2 fully saturated rings. The quantitative estimate of drug-likeness (QED) is 0.0234. The number of halogens is 9. The second kappa shape index (κ2) is 53.5. The fourth-order valence-electron chi connectivity index (χ4n) is 8.47. The number of aromatic nitrogens is 6. The minimum Gasteiger partial charge on any atom is -1.00 e. The van der Waals surface area contributed by atoms with Crippen molar-refractivity contribution in [2.45, 2.75) is 122 Å². The van der Waals surface area contributed by atoms with Crippen LogP contribution in [0.2, 0.25) is 0 Å². The molecule has 94 heavy (non-hydrogen) atoms. The third-order valence-electron chi connectivity index (χ3n) is 13.4. The fraction of sp³-hybridized carbons (Fsp3) is 0.301. The van der Waals surface area contributed by atoms with Crippen LogP contribution in [-0.2, 0) is 76.1 Å². The minimum atomic E-state index is -0.520. The van der Waals surface area contributed by atoms with Gasteiger partial charge in [-0.1, -0.05) is 205 Å². The number of aryl methyl sites for hydroxylation is 5. The van der Waals surface area contributed by atoms with Crippen LogP contribution in [0.25, 0.3) is 0 Å². The number of epoxide rings is 1. The molecule has 3 aromatic heterocycles. The van der Waals surface area contributed by atoms with Gasteiger partial charge in [0.15, 0.2) is 11.6 Å². The summed E-state index contributed by atoms with van der Waals surface area (Å²) in [6, 6.07) is 49.8. The smallest absolute Gasteiger partial charge is 1.00 e. The minimum absolute atomic E-state index is 0. The number of rotatable bonds is 22. The van der Waals surface area contributed by atoms with Gasteiger partial charge in [-0.05, 0) is 158 Å². The van der Waals surface area contributed by atoms with Gasteiger partial charge >= 0.3 is 23.1 Å². The normalized spacial score (nSPS) is 12.7. The van der Waals surface area contributed by atoms with Gasteiger partial charge in [-0.15, -0.1) is 19.0 Å². The number of benzene rings is 6. The second-order valence-corrected chi connectivity index (χ2v) is 26.6. The molecule has 0 spiro atoms. The molecule has 0 saturated carbocycles. The van der Waals surface area contributed by atoms with Crippen molar-refractivity contribution >= 4 is 153 Å². The summed E-state index contributed by atoms with van der Waals surface area (Å²) < 4.78 is 29.3. The summed E-state index contributed by atoms with van der Waals surface area (Å²) >= 11 is 23.8. The Kier molecular flexibility index (Phi) is 51.5. The first-order valence-electron chi connectivity index (χ1n) is 29.2. The summed E-state index contributed by atoms with van der Waals surface area (Å²) in [6.07, 6.45) is 28.9. The molecule has 2 aliphatic rings. The Morgan fingerprint density at radius 2 is 0.947 bits per heavy atom. The van der Waals surface area contributed by atoms with Gasteiger partial charge in [-0.25, -0.2) is 34.5 Å². The molecule has 6 aromatic carbocycles. The third-order valence-corrected chi connectivity index (χ3v) is 17.2. The first kappa shape index (κ1) is 90.5. The molecule has 0 bridgehead atoms. The van der Waals surface area contributed by atoms with Crippen LogP contribution in [0, 0.1) is 6.92 Å². The maximum absolute atomic E-state index is 11.7. The van der Waals surface area contributed by atoms with E-state index in [1.807, 2.05) is 76.1 Å². The van der Waals surface area contributed by atoms with Crippen molar-refractivity contribution in [3.8, 4) is 0 Å². The van der Waals surface area contributed by atoms with Crippen LogP contribution in [-0.4, -0.2) is 100 Å². The van der Waals surface area contributed by atoms with Gasteiger partial charge in [0.1, 0.15) is 0 Å². The molecule has 2 aliphatic heterocycles. The van der Waals surface area contributed by atoms with E-state index in [-0.39, 0.29) is 74.6 Å². The zero-order valence-corrected chi connectivity index (χ0v) is 65.5. The van der Waals surface area contributed by atoms with Crippen LogP contribution in [0.3, 0.4) is 0 Å². The number of nitrogens with zero attached hydrogens (tertiary/aromatic N) is 6. The predicted octanol–water partition coefficient (Wildman–Crippen LogP) is 17.5. The van der Waals surface area contributed by atoms with Gasteiger partial charge in [0.2, 0.25) is 0 Å². The van der Waals surface area contributed by atoms with E-state index in [0.29, 0.717) is 45.4 Å². The number of alkyl halides is 1. The van der Waals surface area contributed by atoms with Gasteiger partial charge in [0.25, 0.3) is 0 Å². The number of hydrogen-bond acceptors (Lipinski definition) is 8. The molecule has 9 aromatic rings. The molecule has 11 rings (SSSR count). The number of aliphatic hydroxyl groups excluding tert-OH is 1. The van der Waals surface area contributed by atoms with E-state index < -0.39 is 5.79 Å². The van der Waals surface area contributed by atoms with Gasteiger partial charge in [0.05, 0.1) is 64.1 Å². The number of ketones is 1. The summed E-state index contributed by atoms with van der Waals surface area (Å²) in [7, 11) is 0. The predicted molar refractivity (Wildman–Crippen MR) is 413 cm³/mol. The number of imidazole rings is 3. The Morgan fingerprint density at radius 3 is 1.33 bits per heavy atom. The first-order valence-corrected chi connectivity index (χ1v) is 35.0. The largest absolute Gasteiger partial charge is 2.00 e. The molecule has 21 heteroatoms. The van der Waals surface area contributed by atoms with Crippen molar-refractivity contribution in [1.82, 2.24) is 28.7 Å². The number of allylic oxidation sites excluding steroid dienone is 2. The summed E-state index contributed by atoms with van der Waals surface area (Å²) in [5.74, 6) is -0.292. The van der Waals surface area contributed by atoms with Crippen molar-refractivity contribution in [1.29, 1.82) is 0 Å². The summed E-state index contributed by atoms with van der Waals surface area (Å²) in [6.45, 7) is 14.2. The van der Waals surface area contributed by atoms with E-state index in [9.17, 15) is 9.90 Å². The Bertz CT molecular complexity index is 3290. The number of hydrogen-bond donors (Lipinski definition) is 1. The van der Waals surface area contributed by atoms with Crippen LogP contribution in [0.15, 0.2) is 254 Å². The number of carbonyl (C=O) groups excluding carboxylic acids is 1. The van der Waals surface area contributed by atoms with Crippen LogP contribution in [0.1, 0.15) is 80.3 Å². The molecule has 2 saturated heterocycles.